The molecule has 0 N–H and O–H groups in total. The van der Waals surface area contributed by atoms with Crippen LogP contribution in [0, 0.1) is 0 Å². The van der Waals surface area contributed by atoms with Crippen molar-refractivity contribution in [2.24, 2.45) is 0 Å². The highest BCUT2D eigenvalue weighted by molar-refractivity contribution is 9.10. The Kier molecular flexibility index (Phi) is 3.43. The van der Waals surface area contributed by atoms with E-state index in [1.165, 1.54) is 4.21 Å². The molecule has 72 valence electrons. The van der Waals surface area contributed by atoms with Crippen LogP contribution < -0.4 is 0 Å². The lowest BCUT2D eigenvalue weighted by Gasteiger charge is -2.00. The van der Waals surface area contributed by atoms with Gasteiger partial charge in [-0.15, -0.1) is 11.3 Å². The summed E-state index contributed by atoms with van der Waals surface area (Å²) < 4.78 is 2.04. The topological polar surface area (TPSA) is 25.8 Å². The first-order chi connectivity index (χ1) is 6.75. The van der Waals surface area contributed by atoms with E-state index in [1.54, 1.807) is 29.3 Å². The minimum Gasteiger partial charge on any atom is -0.225 e. The van der Waals surface area contributed by atoms with Crippen LogP contribution in [-0.2, 0) is 0 Å². The molecule has 2 rings (SSSR count). The van der Waals surface area contributed by atoms with Crippen LogP contribution in [0.4, 0.5) is 0 Å². The minimum absolute atomic E-state index is 0.271. The Morgan fingerprint density at radius 1 is 1.50 bits per heavy atom. The van der Waals surface area contributed by atoms with Gasteiger partial charge in [0.1, 0.15) is 5.03 Å². The van der Waals surface area contributed by atoms with Gasteiger partial charge in [-0.1, -0.05) is 17.8 Å². The Bertz CT molecular complexity index is 433. The van der Waals surface area contributed by atoms with Crippen molar-refractivity contribution in [1.29, 1.82) is 0 Å². The van der Waals surface area contributed by atoms with E-state index in [9.17, 15) is 0 Å². The first kappa shape index (κ1) is 10.4. The largest absolute Gasteiger partial charge is 0.225 e. The summed E-state index contributed by atoms with van der Waals surface area (Å²) in [5, 5.41) is 3.14. The van der Waals surface area contributed by atoms with Crippen molar-refractivity contribution in [3.05, 3.63) is 33.5 Å². The van der Waals surface area contributed by atoms with Gasteiger partial charge in [-0.2, -0.15) is 0 Å². The predicted molar refractivity (Wildman–Crippen MR) is 63.2 cm³/mol. The number of rotatable bonds is 2. The SMILES string of the molecule is Clc1ncc(Br)c(Sc2cccs2)n1. The minimum atomic E-state index is 0.271. The average Bonchev–Trinajstić information content (AvgIpc) is 2.64. The third-order valence-corrected chi connectivity index (χ3v) is 4.44. The van der Waals surface area contributed by atoms with Gasteiger partial charge in [0.2, 0.25) is 5.28 Å². The lowest BCUT2D eigenvalue weighted by atomic mass is 10.7. The summed E-state index contributed by atoms with van der Waals surface area (Å²) in [5.74, 6) is 0. The van der Waals surface area contributed by atoms with E-state index in [4.69, 9.17) is 11.6 Å². The van der Waals surface area contributed by atoms with Crippen molar-refractivity contribution < 1.29 is 0 Å². The highest BCUT2D eigenvalue weighted by Gasteiger charge is 2.06. The maximum Gasteiger partial charge on any atom is 0.223 e. The van der Waals surface area contributed by atoms with E-state index in [1.807, 2.05) is 17.5 Å². The molecule has 0 aliphatic heterocycles. The molecule has 2 heterocycles. The van der Waals surface area contributed by atoms with Gasteiger partial charge in [0.25, 0.3) is 0 Å². The fourth-order valence-corrected chi connectivity index (χ4v) is 3.10. The first-order valence-electron chi connectivity index (χ1n) is 3.65. The molecular weight excluding hydrogens is 304 g/mol. The molecule has 0 atom stereocenters. The van der Waals surface area contributed by atoms with E-state index in [2.05, 4.69) is 25.9 Å². The van der Waals surface area contributed by atoms with Gasteiger partial charge < -0.3 is 0 Å². The molecule has 0 spiro atoms. The summed E-state index contributed by atoms with van der Waals surface area (Å²) in [5.41, 5.74) is 0. The zero-order valence-electron chi connectivity index (χ0n) is 6.78. The monoisotopic (exact) mass is 306 g/mol. The molecular formula is C8H4BrClN2S2. The fourth-order valence-electron chi connectivity index (χ4n) is 0.820. The lowest BCUT2D eigenvalue weighted by molar-refractivity contribution is 1.03. The molecule has 14 heavy (non-hydrogen) atoms. The van der Waals surface area contributed by atoms with E-state index in [0.717, 1.165) is 9.50 Å². The first-order valence-corrected chi connectivity index (χ1v) is 6.52. The third kappa shape index (κ3) is 2.48. The van der Waals surface area contributed by atoms with Crippen LogP contribution in [0.2, 0.25) is 5.28 Å². The molecule has 0 radical (unpaired) electrons. The molecule has 0 aromatic carbocycles. The van der Waals surface area contributed by atoms with Crippen LogP contribution in [0.25, 0.3) is 0 Å². The highest BCUT2D eigenvalue weighted by atomic mass is 79.9. The zero-order chi connectivity index (χ0) is 9.97. The normalized spacial score (nSPS) is 10.4. The van der Waals surface area contributed by atoms with Crippen molar-refractivity contribution in [1.82, 2.24) is 9.97 Å². The Morgan fingerprint density at radius 3 is 3.07 bits per heavy atom. The second-order valence-corrected chi connectivity index (χ2v) is 5.76. The number of hydrogen-bond donors (Lipinski definition) is 0. The van der Waals surface area contributed by atoms with Gasteiger partial charge in [-0.3, -0.25) is 0 Å². The second kappa shape index (κ2) is 4.61. The molecule has 0 fully saturated rings. The van der Waals surface area contributed by atoms with Crippen molar-refractivity contribution >= 4 is 50.6 Å². The van der Waals surface area contributed by atoms with E-state index < -0.39 is 0 Å². The number of thiophene rings is 1. The van der Waals surface area contributed by atoms with Gasteiger partial charge in [0.15, 0.2) is 0 Å². The summed E-state index contributed by atoms with van der Waals surface area (Å²) in [6, 6.07) is 4.04. The fraction of sp³-hybridized carbons (Fsp3) is 0. The molecule has 0 amide bonds. The smallest absolute Gasteiger partial charge is 0.223 e. The van der Waals surface area contributed by atoms with Gasteiger partial charge in [0, 0.05) is 6.20 Å². The van der Waals surface area contributed by atoms with Gasteiger partial charge in [-0.25, -0.2) is 9.97 Å². The number of halogens is 2. The Balaban J connectivity index is 2.28. The average molecular weight is 308 g/mol. The maximum absolute atomic E-state index is 5.70. The van der Waals surface area contributed by atoms with Gasteiger partial charge in [-0.05, 0) is 39.0 Å². The zero-order valence-corrected chi connectivity index (χ0v) is 10.8. The molecule has 2 aromatic rings. The standard InChI is InChI=1S/C8H4BrClN2S2/c9-5-4-11-8(10)12-7(5)14-6-2-1-3-13-6/h1-4H. The van der Waals surface area contributed by atoms with Crippen LogP contribution >= 0.6 is 50.6 Å². The lowest BCUT2D eigenvalue weighted by Crippen LogP contribution is -1.85. The van der Waals surface area contributed by atoms with E-state index in [0.29, 0.717) is 0 Å². The van der Waals surface area contributed by atoms with Crippen LogP contribution in [0.15, 0.2) is 37.4 Å². The van der Waals surface area contributed by atoms with Crippen molar-refractivity contribution in [3.63, 3.8) is 0 Å². The summed E-state index contributed by atoms with van der Waals surface area (Å²) in [6.45, 7) is 0. The van der Waals surface area contributed by atoms with Crippen molar-refractivity contribution in [2.75, 3.05) is 0 Å². The molecule has 0 saturated heterocycles. The van der Waals surface area contributed by atoms with Crippen molar-refractivity contribution in [3.8, 4) is 0 Å². The van der Waals surface area contributed by atoms with E-state index in [-0.39, 0.29) is 5.28 Å². The number of hydrogen-bond acceptors (Lipinski definition) is 4. The quantitative estimate of drug-likeness (QED) is 0.617. The molecule has 0 bridgehead atoms. The predicted octanol–water partition coefficient (Wildman–Crippen LogP) is 4.11. The van der Waals surface area contributed by atoms with Gasteiger partial charge in [0.05, 0.1) is 8.68 Å². The van der Waals surface area contributed by atoms with Crippen molar-refractivity contribution in [2.45, 2.75) is 9.24 Å². The Hall–Kier alpha value is -0.100. The Labute approximate surface area is 103 Å². The second-order valence-electron chi connectivity index (χ2n) is 2.33. The molecule has 0 saturated carbocycles. The van der Waals surface area contributed by atoms with E-state index >= 15 is 0 Å². The molecule has 0 aliphatic rings. The van der Waals surface area contributed by atoms with Crippen LogP contribution in [0.3, 0.4) is 0 Å². The number of aromatic nitrogens is 2. The summed E-state index contributed by atoms with van der Waals surface area (Å²) in [7, 11) is 0. The molecule has 6 heteroatoms. The van der Waals surface area contributed by atoms with Crippen LogP contribution in [0.1, 0.15) is 0 Å². The van der Waals surface area contributed by atoms with Gasteiger partial charge >= 0.3 is 0 Å². The van der Waals surface area contributed by atoms with Crippen LogP contribution in [0.5, 0.6) is 0 Å². The Morgan fingerprint density at radius 2 is 2.36 bits per heavy atom. The number of nitrogens with zero attached hydrogens (tertiary/aromatic N) is 2. The highest BCUT2D eigenvalue weighted by Crippen LogP contribution is 2.34. The third-order valence-electron chi connectivity index (χ3n) is 1.37. The van der Waals surface area contributed by atoms with Crippen LogP contribution in [-0.4, -0.2) is 9.97 Å². The summed E-state index contributed by atoms with van der Waals surface area (Å²) in [4.78, 5) is 7.99. The summed E-state index contributed by atoms with van der Waals surface area (Å²) in [6.07, 6.45) is 1.66. The molecule has 0 aliphatic carbocycles. The molecule has 2 nitrogen and oxygen atoms in total. The maximum atomic E-state index is 5.70. The summed E-state index contributed by atoms with van der Waals surface area (Å²) >= 11 is 12.3. The molecule has 0 unspecified atom stereocenters. The molecule has 2 aromatic heterocycles.